The lowest BCUT2D eigenvalue weighted by atomic mass is 10.1. The Hall–Kier alpha value is -2.13. The van der Waals surface area contributed by atoms with Crippen molar-refractivity contribution in [2.24, 2.45) is 0 Å². The number of nitrogens with zero attached hydrogens (tertiary/aromatic N) is 1. The quantitative estimate of drug-likeness (QED) is 0.475. The average Bonchev–Trinajstić information content (AvgIpc) is 3.37. The van der Waals surface area contributed by atoms with E-state index < -0.39 is 12.1 Å². The van der Waals surface area contributed by atoms with Crippen LogP contribution in [0.1, 0.15) is 62.5 Å². The van der Waals surface area contributed by atoms with Crippen molar-refractivity contribution in [2.45, 2.75) is 52.6 Å². The number of H-pyrrole nitrogens is 1. The number of carbonyl (C=O) groups excluding carboxylic acids is 2. The van der Waals surface area contributed by atoms with Crippen molar-refractivity contribution in [3.05, 3.63) is 17.5 Å². The Balaban J connectivity index is 2.34. The number of carbonyl (C=O) groups is 2. The molecular formula is C19H29N3O5S. The van der Waals surface area contributed by atoms with Crippen molar-refractivity contribution >= 4 is 35.1 Å². The molecule has 0 atom stereocenters. The van der Waals surface area contributed by atoms with Crippen LogP contribution >= 0.6 is 12.2 Å². The first-order valence-corrected chi connectivity index (χ1v) is 10.0. The zero-order chi connectivity index (χ0) is 20.7. The van der Waals surface area contributed by atoms with Crippen LogP contribution in [0.15, 0.2) is 6.20 Å². The third kappa shape index (κ3) is 5.93. The summed E-state index contributed by atoms with van der Waals surface area (Å²) >= 11 is 5.46. The van der Waals surface area contributed by atoms with E-state index >= 15 is 0 Å². The molecule has 1 aromatic heterocycles. The topological polar surface area (TPSA) is 92.9 Å². The van der Waals surface area contributed by atoms with E-state index in [4.69, 9.17) is 26.4 Å². The third-order valence-electron chi connectivity index (χ3n) is 4.14. The van der Waals surface area contributed by atoms with E-state index in [-0.39, 0.29) is 24.4 Å². The molecule has 1 aliphatic carbocycles. The maximum atomic E-state index is 12.5. The number of thiocarbonyl (C=S) groups is 1. The molecule has 1 fully saturated rings. The summed E-state index contributed by atoms with van der Waals surface area (Å²) in [5.74, 6) is -0.105. The second-order valence-electron chi connectivity index (χ2n) is 6.68. The Bertz CT molecular complexity index is 700. The van der Waals surface area contributed by atoms with Gasteiger partial charge in [-0.05, 0) is 64.2 Å². The van der Waals surface area contributed by atoms with Crippen LogP contribution in [0.5, 0.6) is 0 Å². The van der Waals surface area contributed by atoms with Gasteiger partial charge >= 0.3 is 12.1 Å². The highest BCUT2D eigenvalue weighted by atomic mass is 32.1. The lowest BCUT2D eigenvalue weighted by Crippen LogP contribution is -2.45. The molecule has 156 valence electrons. The molecule has 0 spiro atoms. The van der Waals surface area contributed by atoms with Gasteiger partial charge in [0.05, 0.1) is 31.6 Å². The normalized spacial score (nSPS) is 13.3. The van der Waals surface area contributed by atoms with Crippen LogP contribution in [0.2, 0.25) is 0 Å². The molecule has 0 unspecified atom stereocenters. The van der Waals surface area contributed by atoms with Crippen molar-refractivity contribution in [1.82, 2.24) is 10.3 Å². The molecule has 0 aliphatic heterocycles. The molecule has 1 amide bonds. The number of hydrogen-bond acceptors (Lipinski definition) is 6. The molecule has 1 aromatic rings. The largest absolute Gasteiger partial charge is 0.461 e. The summed E-state index contributed by atoms with van der Waals surface area (Å²) in [6, 6.07) is 0. The smallest absolute Gasteiger partial charge is 0.413 e. The van der Waals surface area contributed by atoms with Gasteiger partial charge in [-0.2, -0.15) is 0 Å². The lowest BCUT2D eigenvalue weighted by molar-refractivity contribution is 0.0520. The van der Waals surface area contributed by atoms with Crippen LogP contribution in [-0.4, -0.2) is 54.6 Å². The molecule has 8 nitrogen and oxygen atoms in total. The molecule has 1 heterocycles. The van der Waals surface area contributed by atoms with Crippen LogP contribution < -0.4 is 10.2 Å². The minimum absolute atomic E-state index is 0.0482. The SMILES string of the molecule is CCOC(=O)NC(=S)N(CCOC(C)C)c1c(C2CC2)c[nH]c1C(=O)OCC. The van der Waals surface area contributed by atoms with Gasteiger partial charge in [-0.1, -0.05) is 0 Å². The first kappa shape index (κ1) is 22.2. The molecule has 0 bridgehead atoms. The van der Waals surface area contributed by atoms with Gasteiger partial charge in [-0.25, -0.2) is 9.59 Å². The van der Waals surface area contributed by atoms with Gasteiger partial charge in [0.15, 0.2) is 5.11 Å². The summed E-state index contributed by atoms with van der Waals surface area (Å²) in [5.41, 5.74) is 1.94. The Kier molecular flexibility index (Phi) is 8.25. The van der Waals surface area contributed by atoms with Gasteiger partial charge in [0, 0.05) is 12.7 Å². The highest BCUT2D eigenvalue weighted by Gasteiger charge is 2.34. The van der Waals surface area contributed by atoms with E-state index in [1.807, 2.05) is 20.0 Å². The van der Waals surface area contributed by atoms with Crippen LogP contribution in [0.3, 0.4) is 0 Å². The fourth-order valence-corrected chi connectivity index (χ4v) is 3.07. The van der Waals surface area contributed by atoms with Crippen LogP contribution in [0, 0.1) is 0 Å². The van der Waals surface area contributed by atoms with Crippen LogP contribution in [0.25, 0.3) is 0 Å². The number of aromatic amines is 1. The third-order valence-corrected chi connectivity index (χ3v) is 4.47. The summed E-state index contributed by atoms with van der Waals surface area (Å²) in [6.07, 6.45) is 3.32. The second-order valence-corrected chi connectivity index (χ2v) is 7.07. The van der Waals surface area contributed by atoms with Crippen molar-refractivity contribution in [1.29, 1.82) is 0 Å². The van der Waals surface area contributed by atoms with E-state index in [0.29, 0.717) is 30.5 Å². The van der Waals surface area contributed by atoms with Gasteiger partial charge in [-0.3, -0.25) is 5.32 Å². The predicted octanol–water partition coefficient (Wildman–Crippen LogP) is 3.33. The number of rotatable bonds is 9. The van der Waals surface area contributed by atoms with Gasteiger partial charge in [0.25, 0.3) is 0 Å². The van der Waals surface area contributed by atoms with Crippen LogP contribution in [0.4, 0.5) is 10.5 Å². The monoisotopic (exact) mass is 411 g/mol. The predicted molar refractivity (Wildman–Crippen MR) is 110 cm³/mol. The molecule has 2 rings (SSSR count). The second kappa shape index (κ2) is 10.4. The number of alkyl carbamates (subject to hydrolysis) is 1. The zero-order valence-corrected chi connectivity index (χ0v) is 17.7. The van der Waals surface area contributed by atoms with E-state index in [9.17, 15) is 9.59 Å². The minimum atomic E-state index is -0.636. The molecule has 0 aromatic carbocycles. The van der Waals surface area contributed by atoms with Gasteiger partial charge in [-0.15, -0.1) is 0 Å². The van der Waals surface area contributed by atoms with Crippen molar-refractivity contribution in [3.8, 4) is 0 Å². The summed E-state index contributed by atoms with van der Waals surface area (Å²) in [5, 5.41) is 2.72. The van der Waals surface area contributed by atoms with Gasteiger partial charge < -0.3 is 24.1 Å². The van der Waals surface area contributed by atoms with Crippen molar-refractivity contribution in [2.75, 3.05) is 31.3 Å². The van der Waals surface area contributed by atoms with E-state index in [1.165, 1.54) is 0 Å². The van der Waals surface area contributed by atoms with Crippen molar-refractivity contribution < 1.29 is 23.8 Å². The number of hydrogen-bond donors (Lipinski definition) is 2. The Morgan fingerprint density at radius 2 is 1.96 bits per heavy atom. The minimum Gasteiger partial charge on any atom is -0.461 e. The number of esters is 1. The zero-order valence-electron chi connectivity index (χ0n) is 16.9. The molecule has 9 heteroatoms. The fraction of sp³-hybridized carbons (Fsp3) is 0.632. The van der Waals surface area contributed by atoms with Crippen LogP contribution in [-0.2, 0) is 14.2 Å². The Labute approximate surface area is 170 Å². The summed E-state index contributed by atoms with van der Waals surface area (Å²) in [7, 11) is 0. The summed E-state index contributed by atoms with van der Waals surface area (Å²) in [4.78, 5) is 29.1. The maximum absolute atomic E-state index is 12.5. The molecule has 0 radical (unpaired) electrons. The van der Waals surface area contributed by atoms with Gasteiger partial charge in [0.2, 0.25) is 0 Å². The standard InChI is InChI=1S/C19H29N3O5S/c1-5-25-17(23)15-16(14(11-20-15)13-7-8-13)22(9-10-27-12(3)4)18(28)21-19(24)26-6-2/h11-13,20H,5-10H2,1-4H3,(H,21,24,28). The number of anilines is 1. The number of aromatic nitrogens is 1. The highest BCUT2D eigenvalue weighted by Crippen LogP contribution is 2.46. The number of ether oxygens (including phenoxy) is 3. The molecule has 1 saturated carbocycles. The van der Waals surface area contributed by atoms with E-state index in [2.05, 4.69) is 10.3 Å². The molecule has 2 N–H and O–H groups in total. The Morgan fingerprint density at radius 1 is 1.29 bits per heavy atom. The molecule has 28 heavy (non-hydrogen) atoms. The number of nitrogens with one attached hydrogen (secondary N) is 2. The number of amides is 1. The van der Waals surface area contributed by atoms with Crippen molar-refractivity contribution in [3.63, 3.8) is 0 Å². The van der Waals surface area contributed by atoms with Gasteiger partial charge in [0.1, 0.15) is 5.69 Å². The molecule has 1 aliphatic rings. The molecule has 0 saturated heterocycles. The fourth-order valence-electron chi connectivity index (χ4n) is 2.80. The first-order valence-electron chi connectivity index (χ1n) is 9.64. The highest BCUT2D eigenvalue weighted by molar-refractivity contribution is 7.80. The summed E-state index contributed by atoms with van der Waals surface area (Å²) in [6.45, 7) is 8.59. The first-order chi connectivity index (χ1) is 13.4. The van der Waals surface area contributed by atoms with E-state index in [0.717, 1.165) is 18.4 Å². The lowest BCUT2D eigenvalue weighted by Gasteiger charge is -2.27. The summed E-state index contributed by atoms with van der Waals surface area (Å²) < 4.78 is 15.8. The molecular weight excluding hydrogens is 382 g/mol. The Morgan fingerprint density at radius 3 is 2.54 bits per heavy atom. The maximum Gasteiger partial charge on any atom is 0.413 e. The average molecular weight is 412 g/mol. The van der Waals surface area contributed by atoms with E-state index in [1.54, 1.807) is 18.7 Å².